The molecule has 1 aromatic carbocycles. The van der Waals surface area contributed by atoms with Crippen molar-refractivity contribution in [2.75, 3.05) is 7.11 Å². The third kappa shape index (κ3) is 3.70. The molecule has 1 aromatic heterocycles. The van der Waals surface area contributed by atoms with E-state index in [1.165, 1.54) is 19.2 Å². The smallest absolute Gasteiger partial charge is 0.311 e. The van der Waals surface area contributed by atoms with Crippen LogP contribution in [0.25, 0.3) is 0 Å². The number of rotatable bonds is 5. The van der Waals surface area contributed by atoms with E-state index in [0.29, 0.717) is 11.3 Å². The second-order valence-electron chi connectivity index (χ2n) is 4.72. The molecule has 0 aliphatic carbocycles. The molecule has 0 saturated heterocycles. The number of methoxy groups -OCH3 is 1. The number of nitro benzene ring substituents is 1. The van der Waals surface area contributed by atoms with E-state index in [2.05, 4.69) is 20.7 Å². The lowest BCUT2D eigenvalue weighted by Gasteiger charge is -2.05. The van der Waals surface area contributed by atoms with E-state index in [1.54, 1.807) is 26.0 Å². The Morgan fingerprint density at radius 1 is 1.43 bits per heavy atom. The van der Waals surface area contributed by atoms with Crippen LogP contribution in [0.5, 0.6) is 5.75 Å². The van der Waals surface area contributed by atoms with Gasteiger partial charge >= 0.3 is 5.69 Å². The van der Waals surface area contributed by atoms with Gasteiger partial charge in [-0.25, -0.2) is 5.43 Å². The largest absolute Gasteiger partial charge is 0.490 e. The van der Waals surface area contributed by atoms with Gasteiger partial charge in [-0.1, -0.05) is 0 Å². The van der Waals surface area contributed by atoms with Crippen molar-refractivity contribution in [1.82, 2.24) is 15.6 Å². The number of nitrogens with zero attached hydrogens (tertiary/aromatic N) is 3. The zero-order chi connectivity index (χ0) is 17.0. The number of nitrogens with one attached hydrogen (secondary N) is 2. The Bertz CT molecular complexity index is 781. The Morgan fingerprint density at radius 2 is 2.17 bits per heavy atom. The third-order valence-electron chi connectivity index (χ3n) is 3.06. The van der Waals surface area contributed by atoms with E-state index < -0.39 is 10.8 Å². The molecule has 9 nitrogen and oxygen atoms in total. The molecule has 1 amide bonds. The van der Waals surface area contributed by atoms with Crippen molar-refractivity contribution < 1.29 is 14.5 Å². The van der Waals surface area contributed by atoms with Crippen molar-refractivity contribution in [3.63, 3.8) is 0 Å². The highest BCUT2D eigenvalue weighted by Gasteiger charge is 2.16. The number of ether oxygens (including phenoxy) is 1. The molecule has 0 aliphatic heterocycles. The van der Waals surface area contributed by atoms with Crippen LogP contribution in [-0.4, -0.2) is 33.8 Å². The molecule has 0 fully saturated rings. The molecule has 0 unspecified atom stereocenters. The van der Waals surface area contributed by atoms with Crippen molar-refractivity contribution in [3.8, 4) is 5.75 Å². The van der Waals surface area contributed by atoms with Crippen LogP contribution in [0.1, 0.15) is 28.7 Å². The van der Waals surface area contributed by atoms with Crippen molar-refractivity contribution in [2.24, 2.45) is 5.10 Å². The van der Waals surface area contributed by atoms with Crippen LogP contribution < -0.4 is 10.2 Å². The third-order valence-corrected chi connectivity index (χ3v) is 3.06. The summed E-state index contributed by atoms with van der Waals surface area (Å²) in [4.78, 5) is 22.3. The van der Waals surface area contributed by atoms with Gasteiger partial charge in [-0.3, -0.25) is 20.0 Å². The topological polar surface area (TPSA) is 123 Å². The number of carbonyl (C=O) groups excluding carboxylic acids is 1. The van der Waals surface area contributed by atoms with Gasteiger partial charge in [0.15, 0.2) is 11.4 Å². The lowest BCUT2D eigenvalue weighted by atomic mass is 10.1. The number of hydrogen-bond donors (Lipinski definition) is 2. The van der Waals surface area contributed by atoms with E-state index in [4.69, 9.17) is 4.74 Å². The number of nitro groups is 1. The highest BCUT2D eigenvalue weighted by Crippen LogP contribution is 2.27. The summed E-state index contributed by atoms with van der Waals surface area (Å²) in [5.41, 5.74) is 4.05. The summed E-state index contributed by atoms with van der Waals surface area (Å²) in [6, 6.07) is 6.02. The van der Waals surface area contributed by atoms with E-state index in [9.17, 15) is 14.9 Å². The van der Waals surface area contributed by atoms with E-state index in [-0.39, 0.29) is 17.1 Å². The zero-order valence-electron chi connectivity index (χ0n) is 12.8. The number of hydrazone groups is 1. The zero-order valence-corrected chi connectivity index (χ0v) is 12.8. The van der Waals surface area contributed by atoms with Gasteiger partial charge in [0.05, 0.1) is 17.7 Å². The molecular formula is C14H15N5O4. The summed E-state index contributed by atoms with van der Waals surface area (Å²) in [5, 5.41) is 21.4. The second-order valence-corrected chi connectivity index (χ2v) is 4.72. The van der Waals surface area contributed by atoms with Gasteiger partial charge in [-0.05, 0) is 32.0 Å². The fourth-order valence-electron chi connectivity index (χ4n) is 1.85. The summed E-state index contributed by atoms with van der Waals surface area (Å²) < 4.78 is 4.94. The summed E-state index contributed by atoms with van der Waals surface area (Å²) in [6.45, 7) is 3.40. The molecule has 2 rings (SSSR count). The maximum Gasteiger partial charge on any atom is 0.311 e. The van der Waals surface area contributed by atoms with E-state index in [1.807, 2.05) is 0 Å². The molecule has 0 saturated carbocycles. The molecule has 2 aromatic rings. The molecule has 9 heteroatoms. The Morgan fingerprint density at radius 3 is 2.74 bits per heavy atom. The predicted octanol–water partition coefficient (Wildman–Crippen LogP) is 1.79. The van der Waals surface area contributed by atoms with Crippen molar-refractivity contribution in [3.05, 3.63) is 51.3 Å². The minimum Gasteiger partial charge on any atom is -0.490 e. The van der Waals surface area contributed by atoms with Crippen LogP contribution in [-0.2, 0) is 0 Å². The molecule has 0 bridgehead atoms. The average Bonchev–Trinajstić information content (AvgIpc) is 2.98. The van der Waals surface area contributed by atoms with Gasteiger partial charge in [0.25, 0.3) is 5.91 Å². The molecular weight excluding hydrogens is 302 g/mol. The summed E-state index contributed by atoms with van der Waals surface area (Å²) in [6.07, 6.45) is 0. The molecule has 0 spiro atoms. The van der Waals surface area contributed by atoms with Gasteiger partial charge in [-0.2, -0.15) is 10.2 Å². The van der Waals surface area contributed by atoms with Crippen molar-refractivity contribution in [2.45, 2.75) is 13.8 Å². The number of H-pyrrole nitrogens is 1. The summed E-state index contributed by atoms with van der Waals surface area (Å²) >= 11 is 0. The van der Waals surface area contributed by atoms with Gasteiger partial charge in [0.2, 0.25) is 0 Å². The number of carbonyl (C=O) groups is 1. The van der Waals surface area contributed by atoms with Crippen LogP contribution in [0.2, 0.25) is 0 Å². The number of aryl methyl sites for hydroxylation is 1. The van der Waals surface area contributed by atoms with Crippen LogP contribution in [0.15, 0.2) is 29.4 Å². The van der Waals surface area contributed by atoms with Crippen LogP contribution in [0, 0.1) is 17.0 Å². The first-order valence-corrected chi connectivity index (χ1v) is 6.62. The Kier molecular flexibility index (Phi) is 4.69. The minimum absolute atomic E-state index is 0.155. The van der Waals surface area contributed by atoms with Crippen LogP contribution in [0.3, 0.4) is 0 Å². The first-order chi connectivity index (χ1) is 10.9. The molecule has 2 N–H and O–H groups in total. The van der Waals surface area contributed by atoms with Gasteiger partial charge < -0.3 is 4.74 Å². The predicted molar refractivity (Wildman–Crippen MR) is 82.7 cm³/mol. The Labute approximate surface area is 131 Å². The first-order valence-electron chi connectivity index (χ1n) is 6.62. The fraction of sp³-hybridized carbons (Fsp3) is 0.214. The number of aromatic nitrogens is 2. The first kappa shape index (κ1) is 16.1. The minimum atomic E-state index is -0.541. The van der Waals surface area contributed by atoms with Gasteiger partial charge in [0, 0.05) is 17.3 Å². The number of benzene rings is 1. The van der Waals surface area contributed by atoms with Gasteiger partial charge in [0.1, 0.15) is 0 Å². The van der Waals surface area contributed by atoms with E-state index in [0.717, 1.165) is 5.69 Å². The molecule has 23 heavy (non-hydrogen) atoms. The number of hydrogen-bond acceptors (Lipinski definition) is 6. The maximum atomic E-state index is 11.8. The van der Waals surface area contributed by atoms with Crippen LogP contribution >= 0.6 is 0 Å². The lowest BCUT2D eigenvalue weighted by Crippen LogP contribution is -2.19. The average molecular weight is 317 g/mol. The number of aromatic amines is 1. The summed E-state index contributed by atoms with van der Waals surface area (Å²) in [7, 11) is 1.36. The number of amides is 1. The highest BCUT2D eigenvalue weighted by atomic mass is 16.6. The Balaban J connectivity index is 2.19. The normalized spacial score (nSPS) is 11.2. The maximum absolute atomic E-state index is 11.8. The SMILES string of the molecule is COc1ccc(/C(C)=N/NC(=O)c2cc(C)[nH]n2)cc1[N+](=O)[O-]. The van der Waals surface area contributed by atoms with E-state index >= 15 is 0 Å². The Hall–Kier alpha value is -3.23. The second kappa shape index (κ2) is 6.69. The fourth-order valence-corrected chi connectivity index (χ4v) is 1.85. The lowest BCUT2D eigenvalue weighted by molar-refractivity contribution is -0.385. The summed E-state index contributed by atoms with van der Waals surface area (Å²) in [5.74, 6) is -0.320. The van der Waals surface area contributed by atoms with Crippen molar-refractivity contribution in [1.29, 1.82) is 0 Å². The standard InChI is InChI=1S/C14H15N5O4/c1-8-6-11(17-15-8)14(20)18-16-9(2)10-4-5-13(23-3)12(7-10)19(21)22/h4-7H,1-3H3,(H,15,17)(H,18,20)/b16-9+. The molecule has 120 valence electrons. The molecule has 1 heterocycles. The van der Waals surface area contributed by atoms with Gasteiger partial charge in [-0.15, -0.1) is 0 Å². The molecule has 0 aliphatic rings. The molecule has 0 atom stereocenters. The van der Waals surface area contributed by atoms with Crippen LogP contribution in [0.4, 0.5) is 5.69 Å². The highest BCUT2D eigenvalue weighted by molar-refractivity contribution is 6.01. The van der Waals surface area contributed by atoms with Crippen molar-refractivity contribution >= 4 is 17.3 Å². The quantitative estimate of drug-likeness (QED) is 0.494. The monoisotopic (exact) mass is 317 g/mol. The molecule has 0 radical (unpaired) electrons.